The van der Waals surface area contributed by atoms with Gasteiger partial charge in [0.2, 0.25) is 0 Å². The van der Waals surface area contributed by atoms with Crippen LogP contribution < -0.4 is 0 Å². The number of hydrogen-bond donors (Lipinski definition) is 1. The van der Waals surface area contributed by atoms with Gasteiger partial charge in [-0.05, 0) is 43.1 Å². The number of rotatable bonds is 1. The van der Waals surface area contributed by atoms with E-state index in [2.05, 4.69) is 6.92 Å². The molecular weight excluding hydrogens is 160 g/mol. The molecule has 0 radical (unpaired) electrons. The van der Waals surface area contributed by atoms with Crippen molar-refractivity contribution in [2.24, 2.45) is 17.8 Å². The van der Waals surface area contributed by atoms with Crippen LogP contribution in [0.2, 0.25) is 0 Å². The van der Waals surface area contributed by atoms with Crippen LogP contribution in [-0.2, 0) is 0 Å². The minimum atomic E-state index is 0.642. The van der Waals surface area contributed by atoms with Gasteiger partial charge in [-0.1, -0.05) is 19.8 Å². The number of hydrogen-bond acceptors (Lipinski definition) is 1. The van der Waals surface area contributed by atoms with E-state index in [9.17, 15) is 5.11 Å². The van der Waals surface area contributed by atoms with E-state index >= 15 is 0 Å². The van der Waals surface area contributed by atoms with Crippen molar-refractivity contribution in [1.82, 2.24) is 0 Å². The lowest BCUT2D eigenvalue weighted by Crippen LogP contribution is -2.19. The lowest BCUT2D eigenvalue weighted by molar-refractivity contribution is 0.209. The van der Waals surface area contributed by atoms with E-state index in [0.717, 1.165) is 30.6 Å². The second-order valence-electron chi connectivity index (χ2n) is 4.92. The van der Waals surface area contributed by atoms with Crippen molar-refractivity contribution in [2.75, 3.05) is 0 Å². The first-order valence-corrected chi connectivity index (χ1v) is 5.63. The predicted octanol–water partition coefficient (Wildman–Crippen LogP) is 3.66. The summed E-state index contributed by atoms with van der Waals surface area (Å²) < 4.78 is 0. The molecule has 0 bridgehead atoms. The third-order valence-electron chi connectivity index (χ3n) is 3.85. The molecule has 13 heavy (non-hydrogen) atoms. The molecule has 0 aromatic carbocycles. The Balaban J connectivity index is 1.82. The summed E-state index contributed by atoms with van der Waals surface area (Å²) in [4.78, 5) is 0. The molecule has 2 rings (SSSR count). The highest BCUT2D eigenvalue weighted by molar-refractivity contribution is 5.03. The predicted molar refractivity (Wildman–Crippen MR) is 54.6 cm³/mol. The maximum atomic E-state index is 9.34. The Bertz CT molecular complexity index is 199. The second kappa shape index (κ2) is 3.73. The summed E-state index contributed by atoms with van der Waals surface area (Å²) in [7, 11) is 0. The third kappa shape index (κ3) is 2.07. The van der Waals surface area contributed by atoms with E-state index in [0.29, 0.717) is 5.76 Å². The van der Waals surface area contributed by atoms with Crippen LogP contribution >= 0.6 is 0 Å². The van der Waals surface area contributed by atoms with E-state index in [1.807, 2.05) is 6.08 Å². The Morgan fingerprint density at radius 3 is 2.38 bits per heavy atom. The Kier molecular flexibility index (Phi) is 2.61. The second-order valence-corrected chi connectivity index (χ2v) is 4.92. The summed E-state index contributed by atoms with van der Waals surface area (Å²) in [6.07, 6.45) is 9.70. The van der Waals surface area contributed by atoms with Crippen molar-refractivity contribution in [2.45, 2.75) is 45.4 Å². The van der Waals surface area contributed by atoms with Crippen LogP contribution in [0.25, 0.3) is 0 Å². The molecule has 0 spiro atoms. The molecule has 0 heterocycles. The van der Waals surface area contributed by atoms with Gasteiger partial charge < -0.3 is 5.11 Å². The highest BCUT2D eigenvalue weighted by Crippen LogP contribution is 2.39. The van der Waals surface area contributed by atoms with Gasteiger partial charge in [0.1, 0.15) is 0 Å². The van der Waals surface area contributed by atoms with Gasteiger partial charge in [-0.15, -0.1) is 0 Å². The van der Waals surface area contributed by atoms with E-state index in [1.165, 1.54) is 25.7 Å². The first-order valence-electron chi connectivity index (χ1n) is 5.63. The van der Waals surface area contributed by atoms with Crippen molar-refractivity contribution < 1.29 is 5.11 Å². The monoisotopic (exact) mass is 180 g/mol. The molecule has 0 saturated heterocycles. The molecule has 1 N–H and O–H groups in total. The third-order valence-corrected chi connectivity index (χ3v) is 3.85. The van der Waals surface area contributed by atoms with Crippen LogP contribution in [0.4, 0.5) is 0 Å². The summed E-state index contributed by atoms with van der Waals surface area (Å²) in [6, 6.07) is 0. The molecule has 2 aliphatic carbocycles. The van der Waals surface area contributed by atoms with E-state index in [1.54, 1.807) is 0 Å². The molecular formula is C12H20O. The van der Waals surface area contributed by atoms with Crippen LogP contribution in [0, 0.1) is 17.8 Å². The highest BCUT2D eigenvalue weighted by atomic mass is 16.3. The molecule has 1 heteroatoms. The molecule has 1 unspecified atom stereocenters. The largest absolute Gasteiger partial charge is 0.513 e. The summed E-state index contributed by atoms with van der Waals surface area (Å²) in [5, 5.41) is 9.34. The SMILES string of the molecule is CC1CCC(C2CC=C(O)C2)CC1. The average molecular weight is 180 g/mol. The topological polar surface area (TPSA) is 20.2 Å². The van der Waals surface area contributed by atoms with Gasteiger partial charge in [0, 0.05) is 6.42 Å². The van der Waals surface area contributed by atoms with Gasteiger partial charge in [-0.2, -0.15) is 0 Å². The van der Waals surface area contributed by atoms with Gasteiger partial charge in [0.05, 0.1) is 5.76 Å². The molecule has 0 aliphatic heterocycles. The zero-order chi connectivity index (χ0) is 9.26. The Hall–Kier alpha value is -0.460. The summed E-state index contributed by atoms with van der Waals surface area (Å²) in [5.74, 6) is 3.26. The lowest BCUT2D eigenvalue weighted by atomic mass is 9.75. The normalized spacial score (nSPS) is 40.4. The molecule has 1 atom stereocenters. The molecule has 1 saturated carbocycles. The standard InChI is InChI=1S/C12H20O/c1-9-2-4-10(5-3-9)11-6-7-12(13)8-11/h7,9-11,13H,2-6,8H2,1H3. The van der Waals surface area contributed by atoms with Crippen molar-refractivity contribution in [1.29, 1.82) is 0 Å². The first-order chi connectivity index (χ1) is 6.25. The van der Waals surface area contributed by atoms with Gasteiger partial charge >= 0.3 is 0 Å². The molecule has 0 aromatic heterocycles. The first kappa shape index (κ1) is 9.11. The summed E-state index contributed by atoms with van der Waals surface area (Å²) in [5.41, 5.74) is 0. The fourth-order valence-corrected chi connectivity index (χ4v) is 2.84. The number of aliphatic hydroxyl groups is 1. The molecule has 74 valence electrons. The van der Waals surface area contributed by atoms with E-state index in [4.69, 9.17) is 0 Å². The molecule has 0 amide bonds. The smallest absolute Gasteiger partial charge is 0.0885 e. The number of aliphatic hydroxyl groups excluding tert-OH is 1. The van der Waals surface area contributed by atoms with Crippen molar-refractivity contribution in [3.8, 4) is 0 Å². The van der Waals surface area contributed by atoms with Gasteiger partial charge in [0.25, 0.3) is 0 Å². The van der Waals surface area contributed by atoms with Crippen molar-refractivity contribution in [3.05, 3.63) is 11.8 Å². The van der Waals surface area contributed by atoms with Crippen LogP contribution in [0.5, 0.6) is 0 Å². The molecule has 1 fully saturated rings. The minimum absolute atomic E-state index is 0.642. The van der Waals surface area contributed by atoms with Crippen LogP contribution in [-0.4, -0.2) is 5.11 Å². The molecule has 1 nitrogen and oxygen atoms in total. The summed E-state index contributed by atoms with van der Waals surface area (Å²) in [6.45, 7) is 2.36. The van der Waals surface area contributed by atoms with Crippen molar-refractivity contribution >= 4 is 0 Å². The van der Waals surface area contributed by atoms with Gasteiger partial charge in [-0.25, -0.2) is 0 Å². The number of allylic oxidation sites excluding steroid dienone is 2. The van der Waals surface area contributed by atoms with E-state index < -0.39 is 0 Å². The molecule has 2 aliphatic rings. The zero-order valence-corrected chi connectivity index (χ0v) is 8.50. The Morgan fingerprint density at radius 2 is 1.85 bits per heavy atom. The summed E-state index contributed by atoms with van der Waals surface area (Å²) >= 11 is 0. The van der Waals surface area contributed by atoms with Crippen LogP contribution in [0.15, 0.2) is 11.8 Å². The van der Waals surface area contributed by atoms with E-state index in [-0.39, 0.29) is 0 Å². The molecule has 0 aromatic rings. The van der Waals surface area contributed by atoms with Crippen LogP contribution in [0.1, 0.15) is 45.4 Å². The maximum Gasteiger partial charge on any atom is 0.0885 e. The highest BCUT2D eigenvalue weighted by Gasteiger charge is 2.28. The Labute approximate surface area is 80.8 Å². The minimum Gasteiger partial charge on any atom is -0.513 e. The van der Waals surface area contributed by atoms with Crippen molar-refractivity contribution in [3.63, 3.8) is 0 Å². The lowest BCUT2D eigenvalue weighted by Gasteiger charge is -2.30. The fourth-order valence-electron chi connectivity index (χ4n) is 2.84. The van der Waals surface area contributed by atoms with Gasteiger partial charge in [-0.3, -0.25) is 0 Å². The Morgan fingerprint density at radius 1 is 1.15 bits per heavy atom. The zero-order valence-electron chi connectivity index (χ0n) is 8.50. The quantitative estimate of drug-likeness (QED) is 0.653. The van der Waals surface area contributed by atoms with Gasteiger partial charge in [0.15, 0.2) is 0 Å². The average Bonchev–Trinajstić information content (AvgIpc) is 2.53. The maximum absolute atomic E-state index is 9.34. The fraction of sp³-hybridized carbons (Fsp3) is 0.833. The van der Waals surface area contributed by atoms with Crippen LogP contribution in [0.3, 0.4) is 0 Å².